The van der Waals surface area contributed by atoms with Crippen LogP contribution in [0.15, 0.2) is 18.2 Å². The van der Waals surface area contributed by atoms with Gasteiger partial charge in [-0.25, -0.2) is 0 Å². The summed E-state index contributed by atoms with van der Waals surface area (Å²) in [6, 6.07) is 3.88. The molecule has 2 N–H and O–H groups in total. The number of hydrogen-bond donors (Lipinski definition) is 2. The molecule has 0 saturated carbocycles. The number of carbonyl (C=O) groups is 2. The van der Waals surface area contributed by atoms with Gasteiger partial charge in [-0.05, 0) is 18.2 Å². The first-order chi connectivity index (χ1) is 9.25. The average molecular weight is 306 g/mol. The van der Waals surface area contributed by atoms with Crippen LogP contribution in [0.4, 0.5) is 18.9 Å². The minimum Gasteiger partial charge on any atom is -0.335 e. The SMILES string of the molecule is N#CCNC(=O)C(=O)Nc1cc(C(F)(F)F)ccc1Cl. The minimum absolute atomic E-state index is 0.153. The highest BCUT2D eigenvalue weighted by Gasteiger charge is 2.31. The molecule has 0 unspecified atom stereocenters. The number of nitrogens with zero attached hydrogens (tertiary/aromatic N) is 1. The van der Waals surface area contributed by atoms with Crippen molar-refractivity contribution in [2.24, 2.45) is 0 Å². The molecule has 0 aliphatic rings. The lowest BCUT2D eigenvalue weighted by Crippen LogP contribution is -2.35. The lowest BCUT2D eigenvalue weighted by atomic mass is 10.2. The maximum atomic E-state index is 12.5. The molecule has 1 aromatic rings. The molecule has 0 radical (unpaired) electrons. The van der Waals surface area contributed by atoms with Crippen molar-refractivity contribution >= 4 is 29.1 Å². The number of anilines is 1. The molecule has 20 heavy (non-hydrogen) atoms. The second-order valence-corrected chi connectivity index (χ2v) is 3.89. The Labute approximate surface area is 116 Å². The minimum atomic E-state index is -4.60. The third kappa shape index (κ3) is 4.13. The van der Waals surface area contributed by atoms with Gasteiger partial charge in [-0.3, -0.25) is 9.59 Å². The van der Waals surface area contributed by atoms with Gasteiger partial charge in [0.15, 0.2) is 0 Å². The topological polar surface area (TPSA) is 82.0 Å². The van der Waals surface area contributed by atoms with Crippen LogP contribution in [-0.4, -0.2) is 18.4 Å². The van der Waals surface area contributed by atoms with Crippen LogP contribution in [0.1, 0.15) is 5.56 Å². The number of rotatable bonds is 2. The molecule has 0 atom stereocenters. The van der Waals surface area contributed by atoms with Crippen molar-refractivity contribution in [1.29, 1.82) is 5.26 Å². The van der Waals surface area contributed by atoms with E-state index in [0.717, 1.165) is 12.1 Å². The van der Waals surface area contributed by atoms with E-state index in [1.807, 2.05) is 10.6 Å². The number of benzene rings is 1. The molecule has 2 amide bonds. The van der Waals surface area contributed by atoms with Gasteiger partial charge in [0.05, 0.1) is 22.3 Å². The molecule has 0 aliphatic heterocycles. The fourth-order valence-corrected chi connectivity index (χ4v) is 1.34. The van der Waals surface area contributed by atoms with Gasteiger partial charge in [0.2, 0.25) is 0 Å². The molecule has 0 aromatic heterocycles. The molecule has 9 heteroatoms. The predicted octanol–water partition coefficient (Wildman–Crippen LogP) is 1.94. The predicted molar refractivity (Wildman–Crippen MR) is 63.7 cm³/mol. The van der Waals surface area contributed by atoms with Crippen molar-refractivity contribution in [3.05, 3.63) is 28.8 Å². The molecule has 1 rings (SSSR count). The lowest BCUT2D eigenvalue weighted by Gasteiger charge is -2.11. The van der Waals surface area contributed by atoms with Gasteiger partial charge in [0.1, 0.15) is 6.54 Å². The number of halogens is 4. The van der Waals surface area contributed by atoms with E-state index in [1.54, 1.807) is 6.07 Å². The number of alkyl halides is 3. The van der Waals surface area contributed by atoms with Crippen LogP contribution in [0.2, 0.25) is 5.02 Å². The van der Waals surface area contributed by atoms with Crippen LogP contribution in [-0.2, 0) is 15.8 Å². The van der Waals surface area contributed by atoms with E-state index in [-0.39, 0.29) is 10.7 Å². The first-order valence-corrected chi connectivity index (χ1v) is 5.46. The molecule has 0 spiro atoms. The van der Waals surface area contributed by atoms with Crippen molar-refractivity contribution in [2.45, 2.75) is 6.18 Å². The Kier molecular flexibility index (Phi) is 4.94. The highest BCUT2D eigenvalue weighted by atomic mass is 35.5. The Hall–Kier alpha value is -2.27. The summed E-state index contributed by atoms with van der Waals surface area (Å²) in [6.07, 6.45) is -4.60. The number of hydrogen-bond acceptors (Lipinski definition) is 3. The van der Waals surface area contributed by atoms with Crippen LogP contribution in [0.25, 0.3) is 0 Å². The van der Waals surface area contributed by atoms with Gasteiger partial charge in [0.25, 0.3) is 0 Å². The normalized spacial score (nSPS) is 10.6. The Morgan fingerprint density at radius 2 is 1.95 bits per heavy atom. The van der Waals surface area contributed by atoms with E-state index in [1.165, 1.54) is 0 Å². The highest BCUT2D eigenvalue weighted by molar-refractivity contribution is 6.41. The first-order valence-electron chi connectivity index (χ1n) is 5.08. The van der Waals surface area contributed by atoms with E-state index < -0.39 is 30.1 Å². The van der Waals surface area contributed by atoms with Gasteiger partial charge in [-0.15, -0.1) is 0 Å². The molecule has 0 saturated heterocycles. The maximum absolute atomic E-state index is 12.5. The molecule has 0 fully saturated rings. The molecular weight excluding hydrogens is 299 g/mol. The van der Waals surface area contributed by atoms with Crippen LogP contribution in [0.3, 0.4) is 0 Å². The highest BCUT2D eigenvalue weighted by Crippen LogP contribution is 2.33. The largest absolute Gasteiger partial charge is 0.416 e. The molecule has 0 bridgehead atoms. The van der Waals surface area contributed by atoms with Crippen molar-refractivity contribution < 1.29 is 22.8 Å². The number of nitrogens with one attached hydrogen (secondary N) is 2. The molecule has 0 heterocycles. The molecule has 106 valence electrons. The van der Waals surface area contributed by atoms with Crippen molar-refractivity contribution in [3.8, 4) is 6.07 Å². The molecule has 0 aliphatic carbocycles. The standard InChI is InChI=1S/C11H7ClF3N3O2/c12-7-2-1-6(11(13,14)15)5-8(7)18-10(20)9(19)17-4-3-16/h1-2,5H,4H2,(H,17,19)(H,18,20). The van der Waals surface area contributed by atoms with Gasteiger partial charge in [-0.1, -0.05) is 11.6 Å². The van der Waals surface area contributed by atoms with Crippen molar-refractivity contribution in [3.63, 3.8) is 0 Å². The summed E-state index contributed by atoms with van der Waals surface area (Å²) in [5.41, 5.74) is -1.37. The third-order valence-corrected chi connectivity index (χ3v) is 2.41. The maximum Gasteiger partial charge on any atom is 0.416 e. The second kappa shape index (κ2) is 6.25. The summed E-state index contributed by atoms with van der Waals surface area (Å²) in [5.74, 6) is -2.37. The van der Waals surface area contributed by atoms with E-state index in [2.05, 4.69) is 0 Å². The van der Waals surface area contributed by atoms with Gasteiger partial charge < -0.3 is 10.6 Å². The fourth-order valence-electron chi connectivity index (χ4n) is 1.18. The molecular formula is C11H7ClF3N3O2. The monoisotopic (exact) mass is 305 g/mol. The zero-order valence-corrected chi connectivity index (χ0v) is 10.5. The van der Waals surface area contributed by atoms with E-state index in [0.29, 0.717) is 6.07 Å². The summed E-state index contributed by atoms with van der Waals surface area (Å²) in [4.78, 5) is 22.5. The summed E-state index contributed by atoms with van der Waals surface area (Å²) in [6.45, 7) is -0.400. The zero-order valence-electron chi connectivity index (χ0n) is 9.71. The van der Waals surface area contributed by atoms with Crippen LogP contribution in [0.5, 0.6) is 0 Å². The average Bonchev–Trinajstić information content (AvgIpc) is 2.37. The van der Waals surface area contributed by atoms with Gasteiger partial charge in [-0.2, -0.15) is 18.4 Å². The Bertz CT molecular complexity index is 581. The summed E-state index contributed by atoms with van der Waals surface area (Å²) in [5, 5.41) is 11.9. The number of carbonyl (C=O) groups excluding carboxylic acids is 2. The summed E-state index contributed by atoms with van der Waals surface area (Å²) >= 11 is 5.63. The van der Waals surface area contributed by atoms with Crippen molar-refractivity contribution in [1.82, 2.24) is 5.32 Å². The number of nitriles is 1. The lowest BCUT2D eigenvalue weighted by molar-refractivity contribution is -0.137. The first kappa shape index (κ1) is 15.8. The quantitative estimate of drug-likeness (QED) is 0.647. The Morgan fingerprint density at radius 3 is 2.50 bits per heavy atom. The zero-order chi connectivity index (χ0) is 15.3. The molecule has 1 aromatic carbocycles. The summed E-state index contributed by atoms with van der Waals surface area (Å²) in [7, 11) is 0. The van der Waals surface area contributed by atoms with Gasteiger partial charge >= 0.3 is 18.0 Å². The Balaban J connectivity index is 2.90. The second-order valence-electron chi connectivity index (χ2n) is 3.49. The van der Waals surface area contributed by atoms with Crippen LogP contribution < -0.4 is 10.6 Å². The Morgan fingerprint density at radius 1 is 1.30 bits per heavy atom. The van der Waals surface area contributed by atoms with Gasteiger partial charge in [0, 0.05) is 0 Å². The van der Waals surface area contributed by atoms with E-state index in [4.69, 9.17) is 16.9 Å². The van der Waals surface area contributed by atoms with E-state index in [9.17, 15) is 22.8 Å². The fraction of sp³-hybridized carbons (Fsp3) is 0.182. The van der Waals surface area contributed by atoms with Crippen LogP contribution >= 0.6 is 11.6 Å². The van der Waals surface area contributed by atoms with Crippen LogP contribution in [0, 0.1) is 11.3 Å². The van der Waals surface area contributed by atoms with Crippen molar-refractivity contribution in [2.75, 3.05) is 11.9 Å². The van der Waals surface area contributed by atoms with E-state index >= 15 is 0 Å². The smallest absolute Gasteiger partial charge is 0.335 e. The summed E-state index contributed by atoms with van der Waals surface area (Å²) < 4.78 is 37.5. The molecule has 5 nitrogen and oxygen atoms in total. The number of amides is 2. The third-order valence-electron chi connectivity index (χ3n) is 2.08.